The Morgan fingerprint density at radius 3 is 2.39 bits per heavy atom. The highest BCUT2D eigenvalue weighted by Crippen LogP contribution is 2.53. The van der Waals surface area contributed by atoms with Gasteiger partial charge in [-0.25, -0.2) is 0 Å². The van der Waals surface area contributed by atoms with Gasteiger partial charge in [-0.1, -0.05) is 6.07 Å². The fraction of sp³-hybridized carbons (Fsp3) is 0.481. The van der Waals surface area contributed by atoms with Crippen LogP contribution >= 0.6 is 0 Å². The average Bonchev–Trinajstić information content (AvgIpc) is 2.89. The van der Waals surface area contributed by atoms with Gasteiger partial charge >= 0.3 is 0 Å². The van der Waals surface area contributed by atoms with E-state index >= 15 is 0 Å². The molecule has 0 radical (unpaired) electrons. The highest BCUT2D eigenvalue weighted by atomic mass is 16.5. The van der Waals surface area contributed by atoms with Crippen molar-refractivity contribution in [3.63, 3.8) is 0 Å². The van der Waals surface area contributed by atoms with E-state index < -0.39 is 69.7 Å². The highest BCUT2D eigenvalue weighted by Gasteiger charge is 2.64. The lowest BCUT2D eigenvalue weighted by molar-refractivity contribution is -0.153. The molecule has 1 saturated heterocycles. The first-order chi connectivity index (χ1) is 19.3. The predicted molar refractivity (Wildman–Crippen MR) is 143 cm³/mol. The fourth-order valence-electron chi connectivity index (χ4n) is 6.61. The molecular formula is C27H33N5O9. The number of nitrogens with two attached hydrogens (primary N) is 1. The Labute approximate surface area is 234 Å². The second-order valence-corrected chi connectivity index (χ2v) is 11.2. The number of nitrogens with one attached hydrogen (secondary N) is 1. The average molecular weight is 572 g/mol. The summed E-state index contributed by atoms with van der Waals surface area (Å²) < 4.78 is 0. The van der Waals surface area contributed by atoms with E-state index in [1.807, 2.05) is 4.90 Å². The van der Waals surface area contributed by atoms with Crippen LogP contribution < -0.4 is 11.1 Å². The molecule has 0 spiro atoms. The summed E-state index contributed by atoms with van der Waals surface area (Å²) in [6.45, 7) is 1.72. The van der Waals surface area contributed by atoms with Crippen LogP contribution in [0, 0.1) is 11.8 Å². The van der Waals surface area contributed by atoms with Crippen molar-refractivity contribution in [3.8, 4) is 5.75 Å². The summed E-state index contributed by atoms with van der Waals surface area (Å²) in [5.74, 6) is -7.75. The standard InChI is InChI=1S/C27H33N5O9/c1-30(2)20-14-10-13-9-12-3-4-15(29-16(33)11-31-5-7-32(41)8-6-31)21(34)17(12)22(35)18(13)24(37)27(14,40)25(38)19(23(20)36)26(28)39/h3-4,13-14,20,34-35,38,40-41H,5-11H2,1-2H3,(H2,28,39)(H,29,33)/t13?,14?,20-,27-/m0/s1. The molecule has 4 atom stereocenters. The van der Waals surface area contributed by atoms with Crippen molar-refractivity contribution in [1.82, 2.24) is 14.9 Å². The number of carbonyl (C=O) groups is 4. The van der Waals surface area contributed by atoms with Crippen LogP contribution in [0.3, 0.4) is 0 Å². The number of phenols is 1. The number of anilines is 1. The van der Waals surface area contributed by atoms with Gasteiger partial charge in [-0.15, -0.1) is 0 Å². The molecule has 1 saturated carbocycles. The Kier molecular flexibility index (Phi) is 7.16. The van der Waals surface area contributed by atoms with Crippen LogP contribution in [0.5, 0.6) is 5.75 Å². The van der Waals surface area contributed by atoms with E-state index in [2.05, 4.69) is 5.32 Å². The van der Waals surface area contributed by atoms with Gasteiger partial charge in [0.25, 0.3) is 5.91 Å². The third kappa shape index (κ3) is 4.48. The van der Waals surface area contributed by atoms with Crippen LogP contribution in [0.25, 0.3) is 5.76 Å². The molecule has 0 bridgehead atoms. The van der Waals surface area contributed by atoms with Gasteiger partial charge in [0, 0.05) is 37.7 Å². The van der Waals surface area contributed by atoms with Crippen LogP contribution in [0.1, 0.15) is 17.5 Å². The Hall–Kier alpha value is -3.82. The Bertz CT molecular complexity index is 1410. The van der Waals surface area contributed by atoms with Gasteiger partial charge in [-0.2, -0.15) is 5.06 Å². The molecular weight excluding hydrogens is 538 g/mol. The van der Waals surface area contributed by atoms with Crippen molar-refractivity contribution in [2.75, 3.05) is 52.1 Å². The number of likely N-dealkylation sites (N-methyl/N-ethyl adjacent to an activating group) is 1. The van der Waals surface area contributed by atoms with Crippen molar-refractivity contribution >= 4 is 34.8 Å². The molecule has 2 fully saturated rings. The van der Waals surface area contributed by atoms with Gasteiger partial charge in [-0.3, -0.25) is 29.0 Å². The van der Waals surface area contributed by atoms with Crippen molar-refractivity contribution in [3.05, 3.63) is 40.2 Å². The van der Waals surface area contributed by atoms with E-state index in [1.54, 1.807) is 6.07 Å². The normalized spacial score (nSPS) is 28.9. The highest BCUT2D eigenvalue weighted by molar-refractivity contribution is 6.24. The molecule has 220 valence electrons. The van der Waals surface area contributed by atoms with Gasteiger partial charge in [0.15, 0.2) is 11.4 Å². The number of hydrogen-bond donors (Lipinski definition) is 7. The van der Waals surface area contributed by atoms with E-state index in [-0.39, 0.29) is 36.2 Å². The zero-order chi connectivity index (χ0) is 30.0. The lowest BCUT2D eigenvalue weighted by Gasteiger charge is -2.50. The Morgan fingerprint density at radius 1 is 1.12 bits per heavy atom. The van der Waals surface area contributed by atoms with Gasteiger partial charge in [0.2, 0.25) is 11.7 Å². The largest absolute Gasteiger partial charge is 0.508 e. The number of piperazine rings is 1. The molecule has 14 nitrogen and oxygen atoms in total. The van der Waals surface area contributed by atoms with E-state index in [4.69, 9.17) is 5.73 Å². The van der Waals surface area contributed by atoms with E-state index in [0.717, 1.165) is 5.06 Å². The van der Waals surface area contributed by atoms with Gasteiger partial charge in [0.05, 0.1) is 23.8 Å². The number of ketones is 2. The Morgan fingerprint density at radius 2 is 1.78 bits per heavy atom. The maximum Gasteiger partial charge on any atom is 0.255 e. The van der Waals surface area contributed by atoms with Crippen molar-refractivity contribution < 1.29 is 44.8 Å². The molecule has 1 aliphatic heterocycles. The summed E-state index contributed by atoms with van der Waals surface area (Å²) >= 11 is 0. The number of phenolic OH excluding ortho intramolecular Hbond substituents is 1. The minimum Gasteiger partial charge on any atom is -0.508 e. The first-order valence-electron chi connectivity index (χ1n) is 13.2. The lowest BCUT2D eigenvalue weighted by atomic mass is 9.57. The number of rotatable bonds is 5. The first-order valence-corrected chi connectivity index (χ1v) is 13.2. The molecule has 2 amide bonds. The molecule has 4 aliphatic rings. The summed E-state index contributed by atoms with van der Waals surface area (Å²) in [6.07, 6.45) is 0.147. The zero-order valence-corrected chi connectivity index (χ0v) is 22.6. The van der Waals surface area contributed by atoms with E-state index in [0.29, 0.717) is 31.7 Å². The van der Waals surface area contributed by atoms with E-state index in [9.17, 15) is 44.8 Å². The molecule has 8 N–H and O–H groups in total. The van der Waals surface area contributed by atoms with E-state index in [1.165, 1.54) is 25.1 Å². The predicted octanol–water partition coefficient (Wildman–Crippen LogP) is -1.09. The molecule has 14 heteroatoms. The van der Waals surface area contributed by atoms with Crippen molar-refractivity contribution in [1.29, 1.82) is 0 Å². The van der Waals surface area contributed by atoms with Gasteiger partial charge in [0.1, 0.15) is 22.8 Å². The van der Waals surface area contributed by atoms with Gasteiger partial charge < -0.3 is 36.7 Å². The summed E-state index contributed by atoms with van der Waals surface area (Å²) in [6, 6.07) is 1.93. The van der Waals surface area contributed by atoms with Crippen LogP contribution in [0.4, 0.5) is 5.69 Å². The number of nitrogens with zero attached hydrogens (tertiary/aromatic N) is 3. The summed E-state index contributed by atoms with van der Waals surface area (Å²) in [5.41, 5.74) is 1.85. The molecule has 41 heavy (non-hydrogen) atoms. The van der Waals surface area contributed by atoms with Crippen LogP contribution in [-0.2, 0) is 25.6 Å². The summed E-state index contributed by atoms with van der Waals surface area (Å²) in [4.78, 5) is 55.0. The minimum absolute atomic E-state index is 0.00492. The molecule has 5 rings (SSSR count). The van der Waals surface area contributed by atoms with Crippen LogP contribution in [0.15, 0.2) is 29.0 Å². The van der Waals surface area contributed by atoms with Crippen LogP contribution in [-0.4, -0.2) is 122 Å². The molecule has 0 aromatic heterocycles. The maximum atomic E-state index is 13.9. The number of benzene rings is 1. The van der Waals surface area contributed by atoms with Crippen molar-refractivity contribution in [2.45, 2.75) is 24.5 Å². The summed E-state index contributed by atoms with van der Waals surface area (Å²) in [7, 11) is 3.07. The maximum absolute atomic E-state index is 13.9. The molecule has 1 heterocycles. The number of aliphatic hydroxyl groups excluding tert-OH is 2. The monoisotopic (exact) mass is 571 g/mol. The number of Topliss-reactive ketones (excluding diaryl/α,β-unsaturated/α-hetero) is 2. The smallest absolute Gasteiger partial charge is 0.255 e. The number of aliphatic hydroxyl groups is 3. The van der Waals surface area contributed by atoms with Gasteiger partial charge in [-0.05, 0) is 44.5 Å². The Balaban J connectivity index is 1.51. The first kappa shape index (κ1) is 28.7. The number of carbonyl (C=O) groups excluding carboxylic acids is 4. The topological polar surface area (TPSA) is 217 Å². The number of aromatic hydroxyl groups is 1. The quantitative estimate of drug-likeness (QED) is 0.166. The number of primary amides is 1. The number of hydrogen-bond acceptors (Lipinski definition) is 12. The molecule has 1 aromatic carbocycles. The molecule has 2 unspecified atom stereocenters. The molecule has 3 aliphatic carbocycles. The third-order valence-electron chi connectivity index (χ3n) is 8.58. The number of amides is 2. The lowest BCUT2D eigenvalue weighted by Crippen LogP contribution is -2.65. The second kappa shape index (κ2) is 10.2. The van der Waals surface area contributed by atoms with Crippen LogP contribution in [0.2, 0.25) is 0 Å². The minimum atomic E-state index is -2.72. The third-order valence-corrected chi connectivity index (χ3v) is 8.58. The second-order valence-electron chi connectivity index (χ2n) is 11.2. The fourth-order valence-corrected chi connectivity index (χ4v) is 6.61. The summed E-state index contributed by atoms with van der Waals surface area (Å²) in [5, 5.41) is 58.2. The zero-order valence-electron chi connectivity index (χ0n) is 22.6. The number of hydroxylamine groups is 2. The van der Waals surface area contributed by atoms with Crippen molar-refractivity contribution in [2.24, 2.45) is 17.6 Å². The molecule has 1 aromatic rings. The number of fused-ring (bicyclic) bond motifs is 3. The SMILES string of the molecule is CN(C)[C@@H]1C(=O)C(C(N)=O)=C(O)[C@@]2(O)C(=O)C3=C(O)c4c(ccc(NC(=O)CN5CCN(O)CC5)c4O)CC3CC12.